The van der Waals surface area contributed by atoms with Gasteiger partial charge in [0.25, 0.3) is 10.0 Å². The average Bonchev–Trinajstić information content (AvgIpc) is 3.43. The number of aromatic nitrogens is 4. The lowest BCUT2D eigenvalue weighted by Crippen LogP contribution is -2.14. The van der Waals surface area contributed by atoms with Gasteiger partial charge >= 0.3 is 0 Å². The van der Waals surface area contributed by atoms with Crippen LogP contribution in [0, 0.1) is 0 Å². The van der Waals surface area contributed by atoms with Gasteiger partial charge in [-0.25, -0.2) is 17.4 Å². The van der Waals surface area contributed by atoms with E-state index in [1.165, 1.54) is 3.97 Å². The maximum absolute atomic E-state index is 13.7. The van der Waals surface area contributed by atoms with E-state index in [9.17, 15) is 13.2 Å². The van der Waals surface area contributed by atoms with E-state index in [-0.39, 0.29) is 4.90 Å². The number of aryl methyl sites for hydroxylation is 1. The first kappa shape index (κ1) is 19.9. The van der Waals surface area contributed by atoms with Crippen molar-refractivity contribution in [2.75, 3.05) is 0 Å². The van der Waals surface area contributed by atoms with Crippen LogP contribution in [0.5, 0.6) is 0 Å². The Morgan fingerprint density at radius 2 is 1.75 bits per heavy atom. The van der Waals surface area contributed by atoms with Crippen LogP contribution >= 0.6 is 0 Å². The predicted molar refractivity (Wildman–Crippen MR) is 122 cm³/mol. The van der Waals surface area contributed by atoms with Crippen molar-refractivity contribution in [1.29, 1.82) is 0 Å². The molecule has 0 saturated carbocycles. The van der Waals surface area contributed by atoms with Crippen LogP contribution in [0.1, 0.15) is 10.4 Å². The van der Waals surface area contributed by atoms with Crippen molar-refractivity contribution < 1.29 is 13.2 Å². The molecule has 5 aromatic rings. The highest BCUT2D eigenvalue weighted by Gasteiger charge is 2.26. The lowest BCUT2D eigenvalue weighted by Gasteiger charge is -2.12. The third kappa shape index (κ3) is 3.21. The first-order valence-electron chi connectivity index (χ1n) is 9.85. The number of fused-ring (bicyclic) bond motifs is 1. The molecule has 0 fully saturated rings. The molecular formula is C24H18N4O3S. The number of carbonyl (C=O) groups excluding carboxylic acids is 1. The van der Waals surface area contributed by atoms with Crippen LogP contribution in [-0.4, -0.2) is 33.4 Å². The van der Waals surface area contributed by atoms with Gasteiger partial charge in [-0.2, -0.15) is 5.10 Å². The third-order valence-corrected chi connectivity index (χ3v) is 7.00. The fourth-order valence-corrected chi connectivity index (χ4v) is 5.30. The molecular weight excluding hydrogens is 424 g/mol. The molecule has 0 aliphatic carbocycles. The van der Waals surface area contributed by atoms with E-state index in [1.807, 2.05) is 19.3 Å². The molecule has 7 nitrogen and oxygen atoms in total. The molecule has 3 heterocycles. The summed E-state index contributed by atoms with van der Waals surface area (Å²) in [5.74, 6) is 0. The van der Waals surface area contributed by atoms with Crippen LogP contribution in [0.2, 0.25) is 0 Å². The van der Waals surface area contributed by atoms with E-state index in [2.05, 4.69) is 10.1 Å². The molecule has 0 aliphatic heterocycles. The standard InChI is InChI=1S/C24H18N4O3S/c1-27-15-19(14-26-27)21-10-11-25-24-22(21)13-23(18-7-5-6-17(12-18)16-29)28(24)32(30,31)20-8-3-2-4-9-20/h2-16H,1H3. The number of nitrogens with zero attached hydrogens (tertiary/aromatic N) is 4. The van der Waals surface area contributed by atoms with Gasteiger partial charge in [0.05, 0.1) is 16.8 Å². The number of rotatable bonds is 5. The highest BCUT2D eigenvalue weighted by Crippen LogP contribution is 2.36. The minimum absolute atomic E-state index is 0.152. The zero-order valence-electron chi connectivity index (χ0n) is 17.1. The van der Waals surface area contributed by atoms with Crippen molar-refractivity contribution in [1.82, 2.24) is 18.7 Å². The molecule has 3 aromatic heterocycles. The molecule has 5 rings (SSSR count). The minimum Gasteiger partial charge on any atom is -0.298 e. The number of carbonyl (C=O) groups is 1. The first-order chi connectivity index (χ1) is 15.5. The normalized spacial score (nSPS) is 11.7. The van der Waals surface area contributed by atoms with Gasteiger partial charge in [-0.15, -0.1) is 0 Å². The van der Waals surface area contributed by atoms with Gasteiger partial charge < -0.3 is 0 Å². The molecule has 0 amide bonds. The second-order valence-electron chi connectivity index (χ2n) is 7.35. The smallest absolute Gasteiger partial charge is 0.269 e. The molecule has 0 N–H and O–H groups in total. The summed E-state index contributed by atoms with van der Waals surface area (Å²) in [6.07, 6.45) is 5.92. The highest BCUT2D eigenvalue weighted by atomic mass is 32.2. The van der Waals surface area contributed by atoms with Crippen LogP contribution in [0.3, 0.4) is 0 Å². The summed E-state index contributed by atoms with van der Waals surface area (Å²) in [4.78, 5) is 16.0. The Kier molecular flexibility index (Phi) is 4.71. The summed E-state index contributed by atoms with van der Waals surface area (Å²) in [7, 11) is -2.15. The molecule has 0 unspecified atom stereocenters. The first-order valence-corrected chi connectivity index (χ1v) is 11.3. The third-order valence-electron chi connectivity index (χ3n) is 5.28. The average molecular weight is 443 g/mol. The second-order valence-corrected chi connectivity index (χ2v) is 9.14. The number of pyridine rings is 1. The van der Waals surface area contributed by atoms with Gasteiger partial charge in [0.1, 0.15) is 6.29 Å². The van der Waals surface area contributed by atoms with Crippen molar-refractivity contribution in [3.8, 4) is 22.4 Å². The van der Waals surface area contributed by atoms with E-state index in [0.717, 1.165) is 17.4 Å². The van der Waals surface area contributed by atoms with Crippen molar-refractivity contribution >= 4 is 27.3 Å². The number of aldehydes is 1. The highest BCUT2D eigenvalue weighted by molar-refractivity contribution is 7.90. The minimum atomic E-state index is -3.97. The molecule has 0 bridgehead atoms. The van der Waals surface area contributed by atoms with Gasteiger partial charge in [0, 0.05) is 41.5 Å². The molecule has 0 spiro atoms. The van der Waals surface area contributed by atoms with Gasteiger partial charge in [-0.1, -0.05) is 36.4 Å². The van der Waals surface area contributed by atoms with Crippen LogP contribution < -0.4 is 0 Å². The summed E-state index contributed by atoms with van der Waals surface area (Å²) in [5, 5.41) is 4.91. The SMILES string of the molecule is Cn1cc(-c2ccnc3c2cc(-c2cccc(C=O)c2)n3S(=O)(=O)c2ccccc2)cn1. The van der Waals surface area contributed by atoms with Crippen LogP contribution in [0.25, 0.3) is 33.4 Å². The Balaban J connectivity index is 1.87. The fourth-order valence-electron chi connectivity index (χ4n) is 3.80. The van der Waals surface area contributed by atoms with Gasteiger partial charge in [-0.05, 0) is 35.9 Å². The Bertz CT molecular complexity index is 1570. The molecule has 158 valence electrons. The molecule has 0 radical (unpaired) electrons. The monoisotopic (exact) mass is 442 g/mol. The number of hydrogen-bond acceptors (Lipinski definition) is 5. The van der Waals surface area contributed by atoms with E-state index in [0.29, 0.717) is 27.9 Å². The summed E-state index contributed by atoms with van der Waals surface area (Å²) in [6.45, 7) is 0. The van der Waals surface area contributed by atoms with Crippen LogP contribution in [-0.2, 0) is 17.1 Å². The Morgan fingerprint density at radius 3 is 2.47 bits per heavy atom. The Hall–Kier alpha value is -4.04. The van der Waals surface area contributed by atoms with Gasteiger partial charge in [0.2, 0.25) is 0 Å². The maximum Gasteiger partial charge on any atom is 0.269 e. The van der Waals surface area contributed by atoms with Crippen molar-refractivity contribution in [3.63, 3.8) is 0 Å². The van der Waals surface area contributed by atoms with Gasteiger partial charge in [-0.3, -0.25) is 9.48 Å². The van der Waals surface area contributed by atoms with Crippen molar-refractivity contribution in [2.24, 2.45) is 7.05 Å². The quantitative estimate of drug-likeness (QED) is 0.382. The molecule has 8 heteroatoms. The number of benzene rings is 2. The fraction of sp³-hybridized carbons (Fsp3) is 0.0417. The zero-order chi connectivity index (χ0) is 22.3. The van der Waals surface area contributed by atoms with Crippen molar-refractivity contribution in [2.45, 2.75) is 4.90 Å². The van der Waals surface area contributed by atoms with E-state index in [4.69, 9.17) is 0 Å². The topological polar surface area (TPSA) is 86.9 Å². The zero-order valence-corrected chi connectivity index (χ0v) is 17.9. The maximum atomic E-state index is 13.7. The molecule has 2 aromatic carbocycles. The summed E-state index contributed by atoms with van der Waals surface area (Å²) in [6, 6.07) is 18.7. The number of hydrogen-bond donors (Lipinski definition) is 0. The predicted octanol–water partition coefficient (Wildman–Crippen LogP) is 4.15. The van der Waals surface area contributed by atoms with E-state index < -0.39 is 10.0 Å². The van der Waals surface area contributed by atoms with E-state index >= 15 is 0 Å². The van der Waals surface area contributed by atoms with E-state index in [1.54, 1.807) is 77.7 Å². The Morgan fingerprint density at radius 1 is 0.938 bits per heavy atom. The Labute approximate surface area is 184 Å². The van der Waals surface area contributed by atoms with Gasteiger partial charge in [0.15, 0.2) is 5.65 Å². The molecule has 0 aliphatic rings. The molecule has 0 atom stereocenters. The second kappa shape index (κ2) is 7.58. The van der Waals surface area contributed by atoms with Crippen LogP contribution in [0.15, 0.2) is 90.2 Å². The lowest BCUT2D eigenvalue weighted by atomic mass is 10.1. The van der Waals surface area contributed by atoms with Crippen molar-refractivity contribution in [3.05, 3.63) is 90.9 Å². The molecule has 32 heavy (non-hydrogen) atoms. The lowest BCUT2D eigenvalue weighted by molar-refractivity contribution is 0.112. The van der Waals surface area contributed by atoms with Crippen LogP contribution in [0.4, 0.5) is 0 Å². The summed E-state index contributed by atoms with van der Waals surface area (Å²) in [5.41, 5.74) is 3.46. The molecule has 0 saturated heterocycles. The summed E-state index contributed by atoms with van der Waals surface area (Å²) < 4.78 is 30.4. The summed E-state index contributed by atoms with van der Waals surface area (Å²) >= 11 is 0. The largest absolute Gasteiger partial charge is 0.298 e.